The maximum Gasteiger partial charge on any atom is 0.253 e. The smallest absolute Gasteiger partial charge is 0.253 e. The number of carbonyl (C=O) groups is 1. The summed E-state index contributed by atoms with van der Waals surface area (Å²) in [6.07, 6.45) is 1.96. The zero-order valence-electron chi connectivity index (χ0n) is 10.5. The van der Waals surface area contributed by atoms with E-state index < -0.39 is 0 Å². The largest absolute Gasteiger partial charge is 0.399 e. The van der Waals surface area contributed by atoms with Gasteiger partial charge in [0.2, 0.25) is 0 Å². The molecule has 1 aromatic rings. The zero-order valence-corrected chi connectivity index (χ0v) is 10.5. The van der Waals surface area contributed by atoms with Gasteiger partial charge in [0, 0.05) is 19.3 Å². The van der Waals surface area contributed by atoms with Gasteiger partial charge in [-0.15, -0.1) is 0 Å². The predicted octanol–water partition coefficient (Wildman–Crippen LogP) is 0.589. The Balaban J connectivity index is 2.41. The summed E-state index contributed by atoms with van der Waals surface area (Å²) < 4.78 is 0. The highest BCUT2D eigenvalue weighted by atomic mass is 16.3. The molecule has 5 heteroatoms. The molecule has 0 bridgehead atoms. The van der Waals surface area contributed by atoms with E-state index in [1.54, 1.807) is 25.2 Å². The van der Waals surface area contributed by atoms with E-state index in [4.69, 9.17) is 5.73 Å². The fourth-order valence-electron chi connectivity index (χ4n) is 2.46. The average Bonchev–Trinajstić information content (AvgIpc) is 2.85. The minimum atomic E-state index is -0.131. The number of anilines is 2. The number of amides is 1. The van der Waals surface area contributed by atoms with Crippen molar-refractivity contribution in [3.63, 3.8) is 0 Å². The second-order valence-corrected chi connectivity index (χ2v) is 4.53. The number of benzene rings is 1. The lowest BCUT2D eigenvalue weighted by molar-refractivity contribution is 0.0963. The first kappa shape index (κ1) is 12.7. The summed E-state index contributed by atoms with van der Waals surface area (Å²) in [5.41, 5.74) is 7.84. The third-order valence-electron chi connectivity index (χ3n) is 3.39. The van der Waals surface area contributed by atoms with Crippen LogP contribution in [0.1, 0.15) is 23.2 Å². The molecule has 0 aliphatic carbocycles. The molecule has 1 atom stereocenters. The van der Waals surface area contributed by atoms with Crippen molar-refractivity contribution in [2.45, 2.75) is 18.9 Å². The molecule has 1 heterocycles. The van der Waals surface area contributed by atoms with E-state index in [9.17, 15) is 9.90 Å². The highest BCUT2D eigenvalue weighted by Gasteiger charge is 2.27. The Kier molecular flexibility index (Phi) is 3.72. The molecule has 2 rings (SSSR count). The number of nitrogens with two attached hydrogens (primary N) is 1. The van der Waals surface area contributed by atoms with Gasteiger partial charge in [-0.1, -0.05) is 0 Å². The fourth-order valence-corrected chi connectivity index (χ4v) is 2.46. The molecule has 1 aliphatic heterocycles. The molecular formula is C13H19N3O2. The predicted molar refractivity (Wildman–Crippen MR) is 71.7 cm³/mol. The molecule has 1 aliphatic rings. The molecule has 5 nitrogen and oxygen atoms in total. The minimum absolute atomic E-state index is 0.0789. The molecule has 0 spiro atoms. The van der Waals surface area contributed by atoms with Gasteiger partial charge in [-0.25, -0.2) is 0 Å². The molecular weight excluding hydrogens is 230 g/mol. The number of nitrogens with one attached hydrogen (secondary N) is 1. The third kappa shape index (κ3) is 2.26. The Morgan fingerprint density at radius 1 is 1.61 bits per heavy atom. The van der Waals surface area contributed by atoms with Gasteiger partial charge in [0.1, 0.15) is 0 Å². The number of nitrogens with zero attached hydrogens (tertiary/aromatic N) is 1. The van der Waals surface area contributed by atoms with Crippen LogP contribution >= 0.6 is 0 Å². The van der Waals surface area contributed by atoms with Crippen LogP contribution in [0.2, 0.25) is 0 Å². The normalized spacial score (nSPS) is 19.0. The summed E-state index contributed by atoms with van der Waals surface area (Å²) in [7, 11) is 1.61. The van der Waals surface area contributed by atoms with E-state index in [-0.39, 0.29) is 18.6 Å². The van der Waals surface area contributed by atoms with Crippen LogP contribution < -0.4 is 16.0 Å². The van der Waals surface area contributed by atoms with Crippen molar-refractivity contribution in [3.8, 4) is 0 Å². The van der Waals surface area contributed by atoms with E-state index in [1.165, 1.54) is 0 Å². The van der Waals surface area contributed by atoms with Gasteiger partial charge >= 0.3 is 0 Å². The molecule has 18 heavy (non-hydrogen) atoms. The van der Waals surface area contributed by atoms with Gasteiger partial charge in [-0.3, -0.25) is 4.79 Å². The van der Waals surface area contributed by atoms with Crippen LogP contribution in [0.5, 0.6) is 0 Å². The monoisotopic (exact) mass is 249 g/mol. The summed E-state index contributed by atoms with van der Waals surface area (Å²) >= 11 is 0. The van der Waals surface area contributed by atoms with Crippen LogP contribution in [0, 0.1) is 0 Å². The van der Waals surface area contributed by atoms with Crippen molar-refractivity contribution in [1.29, 1.82) is 0 Å². The number of hydrogen-bond donors (Lipinski definition) is 3. The maximum absolute atomic E-state index is 11.9. The first-order valence-corrected chi connectivity index (χ1v) is 6.16. The lowest BCUT2D eigenvalue weighted by Crippen LogP contribution is -2.34. The van der Waals surface area contributed by atoms with E-state index in [0.29, 0.717) is 11.3 Å². The third-order valence-corrected chi connectivity index (χ3v) is 3.39. The SMILES string of the molecule is CNC(=O)c1ccc(N)cc1N1CCCC1CO. The van der Waals surface area contributed by atoms with Crippen LogP contribution in [0.3, 0.4) is 0 Å². The van der Waals surface area contributed by atoms with Crippen molar-refractivity contribution in [2.24, 2.45) is 0 Å². The Morgan fingerprint density at radius 3 is 3.06 bits per heavy atom. The number of hydrogen-bond acceptors (Lipinski definition) is 4. The number of aliphatic hydroxyl groups excluding tert-OH is 1. The number of carbonyl (C=O) groups excluding carboxylic acids is 1. The lowest BCUT2D eigenvalue weighted by atomic mass is 10.1. The van der Waals surface area contributed by atoms with Gasteiger partial charge in [-0.2, -0.15) is 0 Å². The summed E-state index contributed by atoms with van der Waals surface area (Å²) in [6.45, 7) is 0.945. The van der Waals surface area contributed by atoms with E-state index >= 15 is 0 Å². The topological polar surface area (TPSA) is 78.6 Å². The minimum Gasteiger partial charge on any atom is -0.399 e. The van der Waals surface area contributed by atoms with Gasteiger partial charge in [0.25, 0.3) is 5.91 Å². The quantitative estimate of drug-likeness (QED) is 0.685. The second kappa shape index (κ2) is 5.27. The Morgan fingerprint density at radius 2 is 2.39 bits per heavy atom. The molecule has 4 N–H and O–H groups in total. The zero-order chi connectivity index (χ0) is 13.1. The van der Waals surface area contributed by atoms with Crippen molar-refractivity contribution in [2.75, 3.05) is 30.8 Å². The Labute approximate surface area is 107 Å². The van der Waals surface area contributed by atoms with Crippen LogP contribution in [0.25, 0.3) is 0 Å². The summed E-state index contributed by atoms with van der Waals surface area (Å²) in [6, 6.07) is 5.34. The first-order valence-electron chi connectivity index (χ1n) is 6.16. The molecule has 0 saturated carbocycles. The van der Waals surface area contributed by atoms with Crippen molar-refractivity contribution in [3.05, 3.63) is 23.8 Å². The van der Waals surface area contributed by atoms with Crippen molar-refractivity contribution in [1.82, 2.24) is 5.32 Å². The van der Waals surface area contributed by atoms with E-state index in [2.05, 4.69) is 10.2 Å². The standard InChI is InChI=1S/C13H19N3O2/c1-15-13(18)11-5-4-9(14)7-12(11)16-6-2-3-10(16)8-17/h4-5,7,10,17H,2-3,6,8,14H2,1H3,(H,15,18). The fraction of sp³-hybridized carbons (Fsp3) is 0.462. The Bertz CT molecular complexity index is 448. The van der Waals surface area contributed by atoms with Crippen LogP contribution in [-0.2, 0) is 0 Å². The highest BCUT2D eigenvalue weighted by Crippen LogP contribution is 2.30. The van der Waals surface area contributed by atoms with Crippen LogP contribution in [0.4, 0.5) is 11.4 Å². The van der Waals surface area contributed by atoms with Gasteiger partial charge < -0.3 is 21.1 Å². The van der Waals surface area contributed by atoms with Crippen LogP contribution in [0.15, 0.2) is 18.2 Å². The van der Waals surface area contributed by atoms with Crippen molar-refractivity contribution >= 4 is 17.3 Å². The molecule has 98 valence electrons. The van der Waals surface area contributed by atoms with E-state index in [0.717, 1.165) is 25.1 Å². The number of aliphatic hydroxyl groups is 1. The van der Waals surface area contributed by atoms with Gasteiger partial charge in [0.05, 0.1) is 23.9 Å². The number of nitrogen functional groups attached to an aromatic ring is 1. The maximum atomic E-state index is 11.9. The summed E-state index contributed by atoms with van der Waals surface area (Å²) in [4.78, 5) is 13.9. The average molecular weight is 249 g/mol. The molecule has 1 fully saturated rings. The first-order chi connectivity index (χ1) is 8.67. The van der Waals surface area contributed by atoms with Gasteiger partial charge in [-0.05, 0) is 31.0 Å². The molecule has 0 aromatic heterocycles. The van der Waals surface area contributed by atoms with Crippen LogP contribution in [-0.4, -0.2) is 37.3 Å². The van der Waals surface area contributed by atoms with E-state index in [1.807, 2.05) is 0 Å². The molecule has 1 aromatic carbocycles. The van der Waals surface area contributed by atoms with Gasteiger partial charge in [0.15, 0.2) is 0 Å². The molecule has 0 radical (unpaired) electrons. The molecule has 1 saturated heterocycles. The molecule has 1 unspecified atom stereocenters. The number of rotatable bonds is 3. The Hall–Kier alpha value is -1.75. The second-order valence-electron chi connectivity index (χ2n) is 4.53. The summed E-state index contributed by atoms with van der Waals surface area (Å²) in [5.74, 6) is -0.131. The highest BCUT2D eigenvalue weighted by molar-refractivity contribution is 6.00. The van der Waals surface area contributed by atoms with Crippen molar-refractivity contribution < 1.29 is 9.90 Å². The lowest BCUT2D eigenvalue weighted by Gasteiger charge is -2.27. The summed E-state index contributed by atoms with van der Waals surface area (Å²) in [5, 5.41) is 12.0. The molecule has 1 amide bonds.